The number of rotatable bonds is 2. The lowest BCUT2D eigenvalue weighted by Crippen LogP contribution is -2.38. The molecule has 4 nitrogen and oxygen atoms in total. The topological polar surface area (TPSA) is 75.3 Å². The van der Waals surface area contributed by atoms with Crippen molar-refractivity contribution in [2.24, 2.45) is 5.73 Å². The van der Waals surface area contributed by atoms with E-state index in [9.17, 15) is 4.79 Å². The zero-order valence-corrected chi connectivity index (χ0v) is 10.0. The number of nitrogens with one attached hydrogen (secondary N) is 1. The van der Waals surface area contributed by atoms with Crippen LogP contribution in [0.3, 0.4) is 0 Å². The highest BCUT2D eigenvalue weighted by atomic mass is 32.1. The van der Waals surface area contributed by atoms with Gasteiger partial charge >= 0.3 is 5.97 Å². The second-order valence-corrected chi connectivity index (χ2v) is 5.50. The Balaban J connectivity index is 2.20. The molecule has 1 aromatic heterocycles. The van der Waals surface area contributed by atoms with E-state index in [1.54, 1.807) is 17.4 Å². The molecule has 2 rings (SSSR count). The van der Waals surface area contributed by atoms with Crippen LogP contribution in [-0.2, 0) is 0 Å². The first kappa shape index (κ1) is 11.6. The quantitative estimate of drug-likeness (QED) is 0.732. The first-order valence-corrected chi connectivity index (χ1v) is 6.22. The van der Waals surface area contributed by atoms with E-state index in [4.69, 9.17) is 10.8 Å². The smallest absolute Gasteiger partial charge is 0.336 e. The lowest BCUT2D eigenvalue weighted by Gasteiger charge is -2.27. The Bertz CT molecular complexity index is 403. The molecule has 0 saturated carbocycles. The van der Waals surface area contributed by atoms with Crippen molar-refractivity contribution < 1.29 is 9.90 Å². The van der Waals surface area contributed by atoms with E-state index < -0.39 is 5.97 Å². The van der Waals surface area contributed by atoms with E-state index in [2.05, 4.69) is 5.32 Å². The van der Waals surface area contributed by atoms with E-state index >= 15 is 0 Å². The van der Waals surface area contributed by atoms with Gasteiger partial charge in [0.1, 0.15) is 0 Å². The number of carboxylic acids is 1. The zero-order valence-electron chi connectivity index (χ0n) is 9.19. The molecule has 88 valence electrons. The van der Waals surface area contributed by atoms with E-state index in [1.807, 2.05) is 6.92 Å². The van der Waals surface area contributed by atoms with Crippen molar-refractivity contribution in [2.45, 2.75) is 31.8 Å². The third-order valence-corrected chi connectivity index (χ3v) is 4.12. The first-order valence-electron chi connectivity index (χ1n) is 5.40. The molecule has 1 aliphatic rings. The van der Waals surface area contributed by atoms with Gasteiger partial charge in [-0.3, -0.25) is 0 Å². The van der Waals surface area contributed by atoms with Gasteiger partial charge in [-0.05, 0) is 32.4 Å². The molecule has 2 heterocycles. The second-order valence-electron chi connectivity index (χ2n) is 4.21. The Morgan fingerprint density at radius 2 is 2.44 bits per heavy atom. The summed E-state index contributed by atoms with van der Waals surface area (Å²) in [5, 5.41) is 12.4. The van der Waals surface area contributed by atoms with Crippen LogP contribution in [-0.4, -0.2) is 23.7 Å². The van der Waals surface area contributed by atoms with Crippen LogP contribution in [0.25, 0.3) is 0 Å². The maximum absolute atomic E-state index is 10.9. The summed E-state index contributed by atoms with van der Waals surface area (Å²) in [5.74, 6) is -0.847. The van der Waals surface area contributed by atoms with Crippen LogP contribution in [0.1, 0.15) is 39.0 Å². The summed E-state index contributed by atoms with van der Waals surface area (Å²) in [6.45, 7) is 2.76. The molecule has 16 heavy (non-hydrogen) atoms. The zero-order chi connectivity index (χ0) is 11.7. The fraction of sp³-hybridized carbons (Fsp3) is 0.545. The summed E-state index contributed by atoms with van der Waals surface area (Å²) in [4.78, 5) is 12.9. The maximum atomic E-state index is 10.9. The number of carbonyl (C=O) groups is 1. The van der Waals surface area contributed by atoms with E-state index in [1.165, 1.54) is 0 Å². The van der Waals surface area contributed by atoms with Gasteiger partial charge in [0, 0.05) is 21.8 Å². The minimum absolute atomic E-state index is 0.223. The highest BCUT2D eigenvalue weighted by molar-refractivity contribution is 7.12. The summed E-state index contributed by atoms with van der Waals surface area (Å²) < 4.78 is 0. The highest BCUT2D eigenvalue weighted by Crippen LogP contribution is 2.31. The summed E-state index contributed by atoms with van der Waals surface area (Å²) in [6.07, 6.45) is 1.88. The fourth-order valence-corrected chi connectivity index (χ4v) is 3.16. The number of piperidine rings is 1. The van der Waals surface area contributed by atoms with Crippen LogP contribution >= 0.6 is 11.3 Å². The van der Waals surface area contributed by atoms with Crippen molar-refractivity contribution in [2.75, 3.05) is 6.54 Å². The predicted molar refractivity (Wildman–Crippen MR) is 64.0 cm³/mol. The molecule has 1 saturated heterocycles. The summed E-state index contributed by atoms with van der Waals surface area (Å²) >= 11 is 1.55. The van der Waals surface area contributed by atoms with E-state index in [-0.39, 0.29) is 12.1 Å². The second kappa shape index (κ2) is 4.53. The van der Waals surface area contributed by atoms with Crippen LogP contribution in [0.15, 0.2) is 6.07 Å². The number of hydrogen-bond donors (Lipinski definition) is 3. The maximum Gasteiger partial charge on any atom is 0.336 e. The van der Waals surface area contributed by atoms with Gasteiger partial charge in [0.25, 0.3) is 0 Å². The van der Waals surface area contributed by atoms with Gasteiger partial charge in [0.05, 0.1) is 5.56 Å². The van der Waals surface area contributed by atoms with Crippen molar-refractivity contribution in [3.8, 4) is 0 Å². The minimum Gasteiger partial charge on any atom is -0.478 e. The number of aromatic carboxylic acids is 1. The number of hydrogen-bond acceptors (Lipinski definition) is 4. The van der Waals surface area contributed by atoms with Crippen molar-refractivity contribution in [3.63, 3.8) is 0 Å². The SMILES string of the molecule is Cc1sc(C2CC(N)CCN2)cc1C(=O)O. The first-order chi connectivity index (χ1) is 7.58. The van der Waals surface area contributed by atoms with Crippen LogP contribution in [0.4, 0.5) is 0 Å². The van der Waals surface area contributed by atoms with Gasteiger partial charge in [0.2, 0.25) is 0 Å². The molecule has 4 N–H and O–H groups in total. The molecule has 0 radical (unpaired) electrons. The summed E-state index contributed by atoms with van der Waals surface area (Å²) in [6, 6.07) is 2.22. The van der Waals surface area contributed by atoms with Crippen LogP contribution in [0, 0.1) is 6.92 Å². The largest absolute Gasteiger partial charge is 0.478 e. The molecule has 0 spiro atoms. The van der Waals surface area contributed by atoms with Crippen LogP contribution in [0.2, 0.25) is 0 Å². The van der Waals surface area contributed by atoms with Gasteiger partial charge in [0.15, 0.2) is 0 Å². The molecular formula is C11H16N2O2S. The fourth-order valence-electron chi connectivity index (χ4n) is 2.05. The Morgan fingerprint density at radius 1 is 1.69 bits per heavy atom. The molecule has 2 unspecified atom stereocenters. The third kappa shape index (κ3) is 2.26. The highest BCUT2D eigenvalue weighted by Gasteiger charge is 2.23. The van der Waals surface area contributed by atoms with Crippen molar-refractivity contribution >= 4 is 17.3 Å². The number of thiophene rings is 1. The lowest BCUT2D eigenvalue weighted by atomic mass is 9.99. The Morgan fingerprint density at radius 3 is 3.00 bits per heavy atom. The summed E-state index contributed by atoms with van der Waals surface area (Å²) in [5.41, 5.74) is 6.33. The predicted octanol–water partition coefficient (Wildman–Crippen LogP) is 1.51. The van der Waals surface area contributed by atoms with E-state index in [0.717, 1.165) is 29.1 Å². The monoisotopic (exact) mass is 240 g/mol. The average molecular weight is 240 g/mol. The minimum atomic E-state index is -0.847. The average Bonchev–Trinajstić information content (AvgIpc) is 2.60. The van der Waals surface area contributed by atoms with Crippen molar-refractivity contribution in [3.05, 3.63) is 21.4 Å². The molecule has 0 bridgehead atoms. The molecule has 1 fully saturated rings. The number of aryl methyl sites for hydroxylation is 1. The number of carboxylic acid groups (broad SMARTS) is 1. The number of nitrogens with two attached hydrogens (primary N) is 1. The molecule has 0 aromatic carbocycles. The van der Waals surface area contributed by atoms with E-state index in [0.29, 0.717) is 5.56 Å². The molecule has 5 heteroatoms. The van der Waals surface area contributed by atoms with Gasteiger partial charge < -0.3 is 16.2 Å². The van der Waals surface area contributed by atoms with Gasteiger partial charge in [-0.1, -0.05) is 0 Å². The van der Waals surface area contributed by atoms with Crippen LogP contribution < -0.4 is 11.1 Å². The Hall–Kier alpha value is -0.910. The lowest BCUT2D eigenvalue weighted by molar-refractivity contribution is 0.0696. The Labute approximate surface area is 98.5 Å². The summed E-state index contributed by atoms with van der Waals surface area (Å²) in [7, 11) is 0. The van der Waals surface area contributed by atoms with Gasteiger partial charge in [-0.25, -0.2) is 4.79 Å². The van der Waals surface area contributed by atoms with Crippen LogP contribution in [0.5, 0.6) is 0 Å². The normalized spacial score (nSPS) is 25.6. The third-order valence-electron chi connectivity index (χ3n) is 2.96. The van der Waals surface area contributed by atoms with Gasteiger partial charge in [-0.2, -0.15) is 0 Å². The van der Waals surface area contributed by atoms with Crippen molar-refractivity contribution in [1.29, 1.82) is 0 Å². The molecule has 1 aliphatic heterocycles. The Kier molecular flexibility index (Phi) is 3.28. The molecule has 1 aromatic rings. The molecule has 0 aliphatic carbocycles. The van der Waals surface area contributed by atoms with Gasteiger partial charge in [-0.15, -0.1) is 11.3 Å². The standard InChI is InChI=1S/C11H16N2O2S/c1-6-8(11(14)15)5-10(16-6)9-4-7(12)2-3-13-9/h5,7,9,13H,2-4,12H2,1H3,(H,14,15). The molecule has 2 atom stereocenters. The molecule has 0 amide bonds. The van der Waals surface area contributed by atoms with Crippen molar-refractivity contribution in [1.82, 2.24) is 5.32 Å². The molecular weight excluding hydrogens is 224 g/mol.